The van der Waals surface area contributed by atoms with Gasteiger partial charge in [-0.1, -0.05) is 28.1 Å². The average molecular weight is 289 g/mol. The zero-order chi connectivity index (χ0) is 10.9. The largest absolute Gasteiger partial charge is 0.239 e. The molecule has 1 aliphatic rings. The van der Waals surface area contributed by atoms with Gasteiger partial charge in [-0.05, 0) is 42.5 Å². The van der Waals surface area contributed by atoms with Crippen molar-refractivity contribution in [1.29, 1.82) is 0 Å². The molecule has 1 aromatic rings. The van der Waals surface area contributed by atoms with Crippen LogP contribution < -0.4 is 0 Å². The Bertz CT molecular complexity index is 328. The summed E-state index contributed by atoms with van der Waals surface area (Å²) in [5.74, 6) is 2.22. The first-order valence-corrected chi connectivity index (χ1v) is 7.08. The van der Waals surface area contributed by atoms with Crippen molar-refractivity contribution in [2.45, 2.75) is 19.0 Å². The molecule has 2 rings (SSSR count). The zero-order valence-electron chi connectivity index (χ0n) is 8.67. The van der Waals surface area contributed by atoms with Crippen molar-refractivity contribution in [3.63, 3.8) is 0 Å². The van der Waals surface area contributed by atoms with Gasteiger partial charge >= 0.3 is 0 Å². The Kier molecular flexibility index (Phi) is 3.41. The van der Waals surface area contributed by atoms with Gasteiger partial charge in [-0.2, -0.15) is 11.8 Å². The van der Waals surface area contributed by atoms with Crippen molar-refractivity contribution in [3.8, 4) is 0 Å². The number of thioether (sulfide) groups is 1. The number of hydrogen-bond donors (Lipinski definition) is 0. The molecule has 0 nitrogen and oxygen atoms in total. The van der Waals surface area contributed by atoms with Crippen molar-refractivity contribution in [2.75, 3.05) is 11.5 Å². The average Bonchev–Trinajstić information content (AvgIpc) is 2.71. The minimum absolute atomic E-state index is 0.170. The third kappa shape index (κ3) is 2.39. The molecule has 0 aromatic heterocycles. The molecule has 15 heavy (non-hydrogen) atoms. The third-order valence-corrected chi connectivity index (χ3v) is 4.80. The Balaban J connectivity index is 2.23. The SMILES string of the molecule is CC(F)(c1ccc(Br)cc1)C1CCSC1. The molecule has 1 fully saturated rings. The Morgan fingerprint density at radius 1 is 1.40 bits per heavy atom. The van der Waals surface area contributed by atoms with Crippen LogP contribution >= 0.6 is 27.7 Å². The van der Waals surface area contributed by atoms with E-state index >= 15 is 0 Å². The van der Waals surface area contributed by atoms with Crippen molar-refractivity contribution < 1.29 is 4.39 Å². The monoisotopic (exact) mass is 288 g/mol. The van der Waals surface area contributed by atoms with E-state index in [4.69, 9.17) is 0 Å². The quantitative estimate of drug-likeness (QED) is 0.778. The second-order valence-corrected chi connectivity index (χ2v) is 6.21. The molecular formula is C12H14BrFS. The maximum atomic E-state index is 14.6. The molecule has 0 aliphatic carbocycles. The van der Waals surface area contributed by atoms with Crippen LogP contribution in [0.3, 0.4) is 0 Å². The number of rotatable bonds is 2. The smallest absolute Gasteiger partial charge is 0.136 e. The summed E-state index contributed by atoms with van der Waals surface area (Å²) < 4.78 is 15.6. The van der Waals surface area contributed by atoms with Gasteiger partial charge in [0.25, 0.3) is 0 Å². The van der Waals surface area contributed by atoms with Gasteiger partial charge in [0.1, 0.15) is 5.67 Å². The van der Waals surface area contributed by atoms with Gasteiger partial charge in [0.05, 0.1) is 0 Å². The number of alkyl halides is 1. The normalized spacial score (nSPS) is 25.1. The van der Waals surface area contributed by atoms with Crippen LogP contribution in [0.2, 0.25) is 0 Å². The van der Waals surface area contributed by atoms with E-state index in [0.29, 0.717) is 0 Å². The first-order valence-electron chi connectivity index (χ1n) is 5.13. The fraction of sp³-hybridized carbons (Fsp3) is 0.500. The molecule has 0 radical (unpaired) electrons. The number of halogens is 2. The molecule has 1 aromatic carbocycles. The lowest BCUT2D eigenvalue weighted by Gasteiger charge is -2.27. The molecule has 3 heteroatoms. The Hall–Kier alpha value is -0.0200. The van der Waals surface area contributed by atoms with Gasteiger partial charge in [0.15, 0.2) is 0 Å². The van der Waals surface area contributed by atoms with E-state index in [1.165, 1.54) is 0 Å². The summed E-state index contributed by atoms with van der Waals surface area (Å²) in [5.41, 5.74) is -0.372. The van der Waals surface area contributed by atoms with E-state index in [-0.39, 0.29) is 5.92 Å². The summed E-state index contributed by atoms with van der Waals surface area (Å²) in [5, 5.41) is 0. The lowest BCUT2D eigenvalue weighted by molar-refractivity contribution is 0.116. The summed E-state index contributed by atoms with van der Waals surface area (Å²) in [6, 6.07) is 7.59. The topological polar surface area (TPSA) is 0 Å². The van der Waals surface area contributed by atoms with Crippen molar-refractivity contribution in [3.05, 3.63) is 34.3 Å². The van der Waals surface area contributed by atoms with E-state index in [2.05, 4.69) is 15.9 Å². The van der Waals surface area contributed by atoms with Gasteiger partial charge in [-0.25, -0.2) is 4.39 Å². The summed E-state index contributed by atoms with van der Waals surface area (Å²) in [6.07, 6.45) is 0.994. The van der Waals surface area contributed by atoms with Crippen LogP contribution in [-0.4, -0.2) is 11.5 Å². The highest BCUT2D eigenvalue weighted by Crippen LogP contribution is 2.41. The molecule has 0 spiro atoms. The van der Waals surface area contributed by atoms with Crippen LogP contribution in [0.4, 0.5) is 4.39 Å². The van der Waals surface area contributed by atoms with Crippen LogP contribution in [-0.2, 0) is 5.67 Å². The Morgan fingerprint density at radius 2 is 2.07 bits per heavy atom. The van der Waals surface area contributed by atoms with Crippen LogP contribution in [0.1, 0.15) is 18.9 Å². The van der Waals surface area contributed by atoms with Gasteiger partial charge in [-0.3, -0.25) is 0 Å². The van der Waals surface area contributed by atoms with Gasteiger partial charge < -0.3 is 0 Å². The maximum absolute atomic E-state index is 14.6. The zero-order valence-corrected chi connectivity index (χ0v) is 11.1. The first-order chi connectivity index (χ1) is 7.10. The minimum Gasteiger partial charge on any atom is -0.239 e. The Morgan fingerprint density at radius 3 is 2.60 bits per heavy atom. The van der Waals surface area contributed by atoms with E-state index in [0.717, 1.165) is 28.0 Å². The molecule has 1 heterocycles. The fourth-order valence-corrected chi connectivity index (χ4v) is 3.62. The molecule has 0 N–H and O–H groups in total. The fourth-order valence-electron chi connectivity index (χ4n) is 1.97. The molecule has 0 bridgehead atoms. The van der Waals surface area contributed by atoms with Crippen LogP contribution in [0.15, 0.2) is 28.7 Å². The molecule has 0 amide bonds. The minimum atomic E-state index is -1.18. The first kappa shape index (κ1) is 11.5. The molecule has 1 aliphatic heterocycles. The van der Waals surface area contributed by atoms with Gasteiger partial charge in [0.2, 0.25) is 0 Å². The van der Waals surface area contributed by atoms with Crippen LogP contribution in [0.5, 0.6) is 0 Å². The van der Waals surface area contributed by atoms with Crippen molar-refractivity contribution in [1.82, 2.24) is 0 Å². The summed E-state index contributed by atoms with van der Waals surface area (Å²) in [7, 11) is 0. The second-order valence-electron chi connectivity index (χ2n) is 4.14. The lowest BCUT2D eigenvalue weighted by atomic mass is 9.84. The van der Waals surface area contributed by atoms with E-state index in [1.807, 2.05) is 36.0 Å². The van der Waals surface area contributed by atoms with Gasteiger partial charge in [-0.15, -0.1) is 0 Å². The molecule has 1 saturated heterocycles. The standard InChI is InChI=1S/C12H14BrFS/c1-12(14,10-6-7-15-8-10)9-2-4-11(13)5-3-9/h2-5,10H,6-8H2,1H3. The van der Waals surface area contributed by atoms with E-state index < -0.39 is 5.67 Å². The molecule has 2 atom stereocenters. The van der Waals surface area contributed by atoms with Crippen LogP contribution in [0, 0.1) is 5.92 Å². The summed E-state index contributed by atoms with van der Waals surface area (Å²) >= 11 is 5.23. The highest BCUT2D eigenvalue weighted by Gasteiger charge is 2.37. The lowest BCUT2D eigenvalue weighted by Crippen LogP contribution is -2.26. The maximum Gasteiger partial charge on any atom is 0.136 e. The summed E-state index contributed by atoms with van der Waals surface area (Å²) in [4.78, 5) is 0. The van der Waals surface area contributed by atoms with Crippen LogP contribution in [0.25, 0.3) is 0 Å². The predicted octanol–water partition coefficient (Wildman–Crippen LogP) is 4.39. The molecular weight excluding hydrogens is 275 g/mol. The summed E-state index contributed by atoms with van der Waals surface area (Å²) in [6.45, 7) is 1.72. The Labute approximate surface area is 103 Å². The predicted molar refractivity (Wildman–Crippen MR) is 68.0 cm³/mol. The van der Waals surface area contributed by atoms with Gasteiger partial charge in [0, 0.05) is 10.4 Å². The third-order valence-electron chi connectivity index (χ3n) is 3.11. The van der Waals surface area contributed by atoms with E-state index in [9.17, 15) is 4.39 Å². The number of hydrogen-bond acceptors (Lipinski definition) is 1. The van der Waals surface area contributed by atoms with E-state index in [1.54, 1.807) is 6.92 Å². The van der Waals surface area contributed by atoms with Crippen molar-refractivity contribution >= 4 is 27.7 Å². The number of benzene rings is 1. The molecule has 2 unspecified atom stereocenters. The second kappa shape index (κ2) is 4.46. The molecule has 0 saturated carbocycles. The highest BCUT2D eigenvalue weighted by atomic mass is 79.9. The molecule has 82 valence electrons. The van der Waals surface area contributed by atoms with Crippen molar-refractivity contribution in [2.24, 2.45) is 5.92 Å². The highest BCUT2D eigenvalue weighted by molar-refractivity contribution is 9.10.